The first-order valence-corrected chi connectivity index (χ1v) is 16.5. The molecule has 1 aromatic heterocycles. The van der Waals surface area contributed by atoms with Gasteiger partial charge in [-0.25, -0.2) is 4.98 Å². The molecule has 2 saturated heterocycles. The zero-order valence-corrected chi connectivity index (χ0v) is 25.9. The maximum absolute atomic E-state index is 12.9. The molecule has 1 amide bonds. The van der Waals surface area contributed by atoms with Gasteiger partial charge in [-0.15, -0.1) is 11.3 Å². The summed E-state index contributed by atoms with van der Waals surface area (Å²) in [5.74, 6) is 1.23. The van der Waals surface area contributed by atoms with E-state index in [4.69, 9.17) is 9.72 Å². The van der Waals surface area contributed by atoms with Crippen molar-refractivity contribution in [3.63, 3.8) is 0 Å². The Bertz CT molecular complexity index is 1410. The summed E-state index contributed by atoms with van der Waals surface area (Å²) in [5.41, 5.74) is 7.20. The van der Waals surface area contributed by atoms with Crippen LogP contribution in [0.5, 0.6) is 5.75 Å². The van der Waals surface area contributed by atoms with Crippen molar-refractivity contribution in [1.29, 1.82) is 0 Å². The van der Waals surface area contributed by atoms with E-state index in [1.165, 1.54) is 32.8 Å². The molecule has 224 valence electrons. The summed E-state index contributed by atoms with van der Waals surface area (Å²) < 4.78 is 6.36. The number of hydrogen-bond acceptors (Lipinski definition) is 7. The highest BCUT2D eigenvalue weighted by atomic mass is 32.1. The maximum Gasteiger partial charge on any atom is 0.223 e. The largest absolute Gasteiger partial charge is 0.493 e. The number of hydrogen-bond donors (Lipinski definition) is 2. The van der Waals surface area contributed by atoms with E-state index in [1.54, 1.807) is 11.3 Å². The molecule has 8 heteroatoms. The second kappa shape index (κ2) is 12.8. The van der Waals surface area contributed by atoms with Crippen molar-refractivity contribution < 1.29 is 14.6 Å². The number of rotatable bonds is 9. The number of β-amino-alcohol motifs (C(OH)–C–C–N with tert-alkyl or cyclic N) is 1. The number of aliphatic hydroxyl groups is 1. The first-order valence-electron chi connectivity index (χ1n) is 15.6. The van der Waals surface area contributed by atoms with Gasteiger partial charge in [-0.3, -0.25) is 9.69 Å². The Morgan fingerprint density at radius 3 is 2.57 bits per heavy atom. The summed E-state index contributed by atoms with van der Waals surface area (Å²) in [6.07, 6.45) is 6.73. The van der Waals surface area contributed by atoms with Crippen LogP contribution in [-0.2, 0) is 17.8 Å². The van der Waals surface area contributed by atoms with E-state index in [0.29, 0.717) is 25.5 Å². The molecule has 4 heterocycles. The number of nitrogens with one attached hydrogen (secondary N) is 1. The van der Waals surface area contributed by atoms with Crippen molar-refractivity contribution in [1.82, 2.24) is 20.1 Å². The Morgan fingerprint density at radius 2 is 1.76 bits per heavy atom. The standard InChI is InChI=1S/C34H44N4O3S/c1-24-26(7-3-9-28(24)33-36-29-12-19-37(20-21-39)23-31(29)42-33)27-8-4-10-30(25(27)2)41-22-6-18-38-32(40)11-5-13-34(38)14-16-35-17-15-34/h3-4,7-10,35,39H,5-6,11-23H2,1-2H3. The van der Waals surface area contributed by atoms with Gasteiger partial charge in [-0.2, -0.15) is 0 Å². The minimum Gasteiger partial charge on any atom is -0.493 e. The molecule has 0 saturated carbocycles. The van der Waals surface area contributed by atoms with E-state index in [1.807, 2.05) is 0 Å². The molecule has 0 aliphatic carbocycles. The molecule has 7 nitrogen and oxygen atoms in total. The Morgan fingerprint density at radius 1 is 1.00 bits per heavy atom. The summed E-state index contributed by atoms with van der Waals surface area (Å²) in [4.78, 5) is 23.8. The van der Waals surface area contributed by atoms with Gasteiger partial charge in [0.15, 0.2) is 0 Å². The van der Waals surface area contributed by atoms with Crippen molar-refractivity contribution >= 4 is 17.2 Å². The molecule has 2 aromatic carbocycles. The molecule has 0 atom stereocenters. The number of benzene rings is 2. The predicted molar refractivity (Wildman–Crippen MR) is 169 cm³/mol. The fraction of sp³-hybridized carbons (Fsp3) is 0.529. The number of piperidine rings is 2. The highest BCUT2D eigenvalue weighted by Gasteiger charge is 2.42. The van der Waals surface area contributed by atoms with E-state index >= 15 is 0 Å². The Labute approximate surface area is 253 Å². The van der Waals surface area contributed by atoms with Crippen molar-refractivity contribution in [2.24, 2.45) is 0 Å². The van der Waals surface area contributed by atoms with E-state index in [0.717, 1.165) is 87.6 Å². The molecule has 1 spiro atoms. The quantitative estimate of drug-likeness (QED) is 0.329. The molecule has 3 aromatic rings. The zero-order chi connectivity index (χ0) is 29.1. The smallest absolute Gasteiger partial charge is 0.223 e. The summed E-state index contributed by atoms with van der Waals surface area (Å²) in [5, 5.41) is 13.9. The van der Waals surface area contributed by atoms with E-state index in [-0.39, 0.29) is 12.1 Å². The highest BCUT2D eigenvalue weighted by molar-refractivity contribution is 7.15. The predicted octanol–water partition coefficient (Wildman–Crippen LogP) is 5.35. The van der Waals surface area contributed by atoms with Crippen LogP contribution in [0.4, 0.5) is 0 Å². The molecular weight excluding hydrogens is 544 g/mol. The molecule has 3 aliphatic heterocycles. The van der Waals surface area contributed by atoms with E-state index < -0.39 is 0 Å². The van der Waals surface area contributed by atoms with Crippen LogP contribution < -0.4 is 10.1 Å². The minimum atomic E-state index is 0.0501. The van der Waals surface area contributed by atoms with E-state index in [2.05, 4.69) is 65.4 Å². The van der Waals surface area contributed by atoms with Gasteiger partial charge in [0.05, 0.1) is 18.9 Å². The molecule has 0 bridgehead atoms. The molecular formula is C34H44N4O3S. The summed E-state index contributed by atoms with van der Waals surface area (Å²) >= 11 is 1.79. The Balaban J connectivity index is 1.15. The fourth-order valence-corrected chi connectivity index (χ4v) is 8.43. The van der Waals surface area contributed by atoms with E-state index in [9.17, 15) is 9.90 Å². The molecule has 42 heavy (non-hydrogen) atoms. The SMILES string of the molecule is Cc1c(OCCCN2C(=O)CCCC23CCNCC3)cccc1-c1cccc(-c2nc3c(s2)CN(CCO)CC3)c1C. The lowest BCUT2D eigenvalue weighted by Gasteiger charge is -2.49. The van der Waals surface area contributed by atoms with Crippen LogP contribution in [0.25, 0.3) is 21.7 Å². The number of ether oxygens (including phenoxy) is 1. The second-order valence-electron chi connectivity index (χ2n) is 12.1. The normalized spacial score (nSPS) is 18.8. The lowest BCUT2D eigenvalue weighted by Crippen LogP contribution is -2.59. The third kappa shape index (κ3) is 5.87. The number of thiazole rings is 1. The lowest BCUT2D eigenvalue weighted by molar-refractivity contribution is -0.143. The average Bonchev–Trinajstić information content (AvgIpc) is 3.41. The van der Waals surface area contributed by atoms with Crippen molar-refractivity contribution in [3.8, 4) is 27.4 Å². The number of aromatic nitrogens is 1. The average molecular weight is 589 g/mol. The first-order chi connectivity index (χ1) is 20.5. The molecule has 3 aliphatic rings. The van der Waals surface area contributed by atoms with Crippen LogP contribution in [0.1, 0.15) is 60.2 Å². The first kappa shape index (κ1) is 29.3. The molecule has 6 rings (SSSR count). The van der Waals surface area contributed by atoms with Gasteiger partial charge in [0.1, 0.15) is 10.8 Å². The third-order valence-electron chi connectivity index (χ3n) is 9.59. The van der Waals surface area contributed by atoms with Gasteiger partial charge < -0.3 is 20.1 Å². The maximum atomic E-state index is 12.9. The number of carbonyl (C=O) groups is 1. The molecule has 2 N–H and O–H groups in total. The minimum absolute atomic E-state index is 0.0501. The third-order valence-corrected chi connectivity index (χ3v) is 10.7. The Hall–Kier alpha value is -2.78. The molecule has 2 fully saturated rings. The van der Waals surface area contributed by atoms with Gasteiger partial charge >= 0.3 is 0 Å². The highest BCUT2D eigenvalue weighted by Crippen LogP contribution is 2.39. The number of aliphatic hydroxyl groups excluding tert-OH is 1. The second-order valence-corrected chi connectivity index (χ2v) is 13.2. The van der Waals surface area contributed by atoms with Crippen molar-refractivity contribution in [3.05, 3.63) is 58.1 Å². The van der Waals surface area contributed by atoms with Gasteiger partial charge in [-0.05, 0) is 87.4 Å². The van der Waals surface area contributed by atoms with Crippen LogP contribution in [0, 0.1) is 13.8 Å². The van der Waals surface area contributed by atoms with Gasteiger partial charge in [-0.1, -0.05) is 30.3 Å². The van der Waals surface area contributed by atoms with Gasteiger partial charge in [0, 0.05) is 55.0 Å². The van der Waals surface area contributed by atoms with Crippen LogP contribution in [-0.4, -0.2) is 77.3 Å². The zero-order valence-electron chi connectivity index (χ0n) is 25.1. The molecule has 0 radical (unpaired) electrons. The van der Waals surface area contributed by atoms with Crippen molar-refractivity contribution in [2.45, 2.75) is 70.9 Å². The van der Waals surface area contributed by atoms with Crippen LogP contribution in [0.2, 0.25) is 0 Å². The monoisotopic (exact) mass is 588 g/mol. The van der Waals surface area contributed by atoms with Crippen LogP contribution in [0.15, 0.2) is 36.4 Å². The number of amides is 1. The lowest BCUT2D eigenvalue weighted by atomic mass is 9.78. The number of likely N-dealkylation sites (tertiary alicyclic amines) is 1. The summed E-state index contributed by atoms with van der Waals surface area (Å²) in [7, 11) is 0. The Kier molecular flexibility index (Phi) is 8.96. The topological polar surface area (TPSA) is 77.9 Å². The number of fused-ring (bicyclic) bond motifs is 1. The van der Waals surface area contributed by atoms with Crippen LogP contribution in [0.3, 0.4) is 0 Å². The number of carbonyl (C=O) groups excluding carboxylic acids is 1. The van der Waals surface area contributed by atoms with Gasteiger partial charge in [0.2, 0.25) is 5.91 Å². The summed E-state index contributed by atoms with van der Waals surface area (Å²) in [6.45, 7) is 10.4. The molecule has 0 unspecified atom stereocenters. The fourth-order valence-electron chi connectivity index (χ4n) is 7.20. The van der Waals surface area contributed by atoms with Crippen molar-refractivity contribution in [2.75, 3.05) is 45.9 Å². The number of nitrogens with zero attached hydrogens (tertiary/aromatic N) is 3. The van der Waals surface area contributed by atoms with Gasteiger partial charge in [0.25, 0.3) is 0 Å². The van der Waals surface area contributed by atoms with Crippen LogP contribution >= 0.6 is 11.3 Å². The summed E-state index contributed by atoms with van der Waals surface area (Å²) in [6, 6.07) is 12.8.